The summed E-state index contributed by atoms with van der Waals surface area (Å²) in [5.74, 6) is -0.590. The molecule has 1 aromatic heterocycles. The fourth-order valence-electron chi connectivity index (χ4n) is 2.24. The van der Waals surface area contributed by atoms with Crippen molar-refractivity contribution in [3.63, 3.8) is 0 Å². The number of carbonyl (C=O) groups excluding carboxylic acids is 2. The topological polar surface area (TPSA) is 90.3 Å². The third kappa shape index (κ3) is 4.02. The largest absolute Gasteiger partial charge is 0.422 e. The second kappa shape index (κ2) is 7.43. The smallest absolute Gasteiger partial charge is 0.364 e. The van der Waals surface area contributed by atoms with Crippen LogP contribution in [-0.4, -0.2) is 21.7 Å². The molecule has 0 atom stereocenters. The molecule has 3 aromatic rings. The number of benzene rings is 2. The number of amides is 1. The summed E-state index contributed by atoms with van der Waals surface area (Å²) in [5.41, 5.74) is 0.784. The maximum atomic E-state index is 12.3. The molecule has 26 heavy (non-hydrogen) atoms. The minimum Gasteiger partial charge on any atom is -0.422 e. The predicted octanol–water partition coefficient (Wildman–Crippen LogP) is 2.41. The van der Waals surface area contributed by atoms with Crippen molar-refractivity contribution in [1.82, 2.24) is 9.78 Å². The van der Waals surface area contributed by atoms with E-state index in [-0.39, 0.29) is 17.2 Å². The summed E-state index contributed by atoms with van der Waals surface area (Å²) >= 11 is 0. The van der Waals surface area contributed by atoms with Crippen LogP contribution in [0, 0.1) is 0 Å². The van der Waals surface area contributed by atoms with Crippen LogP contribution in [0.2, 0.25) is 0 Å². The number of anilines is 1. The van der Waals surface area contributed by atoms with E-state index in [1.165, 1.54) is 19.1 Å². The van der Waals surface area contributed by atoms with Crippen LogP contribution in [0.5, 0.6) is 5.75 Å². The highest BCUT2D eigenvalue weighted by Crippen LogP contribution is 2.16. The second-order valence-electron chi connectivity index (χ2n) is 5.40. The first kappa shape index (κ1) is 17.1. The number of ether oxygens (including phenoxy) is 1. The average Bonchev–Trinajstić information content (AvgIpc) is 2.64. The molecule has 0 saturated carbocycles. The molecule has 0 bridgehead atoms. The molecule has 0 fully saturated rings. The lowest BCUT2D eigenvalue weighted by atomic mass is 10.3. The fraction of sp³-hybridized carbons (Fsp3) is 0.0526. The minimum atomic E-state index is -0.693. The number of nitrogens with zero attached hydrogens (tertiary/aromatic N) is 2. The Labute approximate surface area is 148 Å². The quantitative estimate of drug-likeness (QED) is 0.577. The molecule has 0 aliphatic heterocycles. The maximum absolute atomic E-state index is 12.3. The van der Waals surface area contributed by atoms with Crippen molar-refractivity contribution < 1.29 is 14.3 Å². The van der Waals surface area contributed by atoms with Crippen molar-refractivity contribution >= 4 is 17.6 Å². The van der Waals surface area contributed by atoms with Gasteiger partial charge in [-0.15, -0.1) is 0 Å². The SMILES string of the molecule is CC(=O)Nc1ccc(OC(=O)c2ccc(=O)n(-c3ccccc3)n2)cc1. The minimum absolute atomic E-state index is 0.000564. The van der Waals surface area contributed by atoms with Gasteiger partial charge in [0, 0.05) is 18.7 Å². The van der Waals surface area contributed by atoms with Crippen molar-refractivity contribution in [3.05, 3.63) is 82.8 Å². The molecule has 1 N–H and O–H groups in total. The third-order valence-electron chi connectivity index (χ3n) is 3.40. The average molecular weight is 349 g/mol. The molecule has 0 aliphatic rings. The third-order valence-corrected chi connectivity index (χ3v) is 3.40. The van der Waals surface area contributed by atoms with Gasteiger partial charge in [0.2, 0.25) is 5.91 Å². The Morgan fingerprint density at radius 1 is 0.962 bits per heavy atom. The van der Waals surface area contributed by atoms with Crippen molar-refractivity contribution in [2.24, 2.45) is 0 Å². The zero-order valence-electron chi connectivity index (χ0n) is 13.9. The summed E-state index contributed by atoms with van der Waals surface area (Å²) in [7, 11) is 0. The molecule has 0 saturated heterocycles. The van der Waals surface area contributed by atoms with E-state index in [1.54, 1.807) is 48.5 Å². The van der Waals surface area contributed by atoms with Crippen molar-refractivity contribution in [2.75, 3.05) is 5.32 Å². The molecule has 0 radical (unpaired) electrons. The van der Waals surface area contributed by atoms with Gasteiger partial charge < -0.3 is 10.1 Å². The van der Waals surface area contributed by atoms with Crippen LogP contribution < -0.4 is 15.6 Å². The summed E-state index contributed by atoms with van der Waals surface area (Å²) in [6.45, 7) is 1.40. The Kier molecular flexibility index (Phi) is 4.89. The Balaban J connectivity index is 1.80. The first-order valence-corrected chi connectivity index (χ1v) is 7.78. The lowest BCUT2D eigenvalue weighted by Crippen LogP contribution is -2.24. The van der Waals surface area contributed by atoms with E-state index < -0.39 is 5.97 Å². The first-order valence-electron chi connectivity index (χ1n) is 7.78. The van der Waals surface area contributed by atoms with Crippen molar-refractivity contribution in [2.45, 2.75) is 6.92 Å². The number of esters is 1. The Bertz CT molecular complexity index is 995. The molecule has 3 rings (SSSR count). The molecular formula is C19H15N3O4. The molecule has 130 valence electrons. The van der Waals surface area contributed by atoms with Crippen molar-refractivity contribution in [3.8, 4) is 11.4 Å². The van der Waals surface area contributed by atoms with E-state index in [1.807, 2.05) is 6.07 Å². The highest BCUT2D eigenvalue weighted by molar-refractivity contribution is 5.90. The first-order chi connectivity index (χ1) is 12.5. The highest BCUT2D eigenvalue weighted by atomic mass is 16.5. The van der Waals surface area contributed by atoms with E-state index in [2.05, 4.69) is 10.4 Å². The van der Waals surface area contributed by atoms with E-state index in [0.717, 1.165) is 4.68 Å². The number of carbonyl (C=O) groups is 2. The van der Waals surface area contributed by atoms with Crippen LogP contribution in [0.15, 0.2) is 71.5 Å². The van der Waals surface area contributed by atoms with Gasteiger partial charge in [-0.1, -0.05) is 18.2 Å². The zero-order valence-corrected chi connectivity index (χ0v) is 13.9. The molecule has 0 aliphatic carbocycles. The Morgan fingerprint density at radius 2 is 1.65 bits per heavy atom. The number of rotatable bonds is 4. The van der Waals surface area contributed by atoms with Gasteiger partial charge in [0.25, 0.3) is 5.56 Å². The van der Waals surface area contributed by atoms with Gasteiger partial charge in [-0.2, -0.15) is 9.78 Å². The van der Waals surface area contributed by atoms with Crippen LogP contribution in [-0.2, 0) is 4.79 Å². The van der Waals surface area contributed by atoms with Crippen LogP contribution in [0.3, 0.4) is 0 Å². The van der Waals surface area contributed by atoms with Gasteiger partial charge in [0.05, 0.1) is 5.69 Å². The van der Waals surface area contributed by atoms with E-state index in [9.17, 15) is 14.4 Å². The highest BCUT2D eigenvalue weighted by Gasteiger charge is 2.13. The van der Waals surface area contributed by atoms with Gasteiger partial charge in [-0.05, 0) is 42.5 Å². The number of aromatic nitrogens is 2. The van der Waals surface area contributed by atoms with Crippen LogP contribution in [0.4, 0.5) is 5.69 Å². The second-order valence-corrected chi connectivity index (χ2v) is 5.40. The Morgan fingerprint density at radius 3 is 2.31 bits per heavy atom. The number of hydrogen-bond donors (Lipinski definition) is 1. The number of hydrogen-bond acceptors (Lipinski definition) is 5. The number of nitrogens with one attached hydrogen (secondary N) is 1. The predicted molar refractivity (Wildman–Crippen MR) is 95.5 cm³/mol. The molecule has 1 amide bonds. The Hall–Kier alpha value is -3.74. The van der Waals surface area contributed by atoms with Gasteiger partial charge in [0.1, 0.15) is 5.75 Å². The van der Waals surface area contributed by atoms with Gasteiger partial charge in [-0.25, -0.2) is 4.79 Å². The fourth-order valence-corrected chi connectivity index (χ4v) is 2.24. The molecule has 7 heteroatoms. The van der Waals surface area contributed by atoms with E-state index in [4.69, 9.17) is 4.74 Å². The molecule has 1 heterocycles. The van der Waals surface area contributed by atoms with E-state index in [0.29, 0.717) is 17.1 Å². The molecule has 0 unspecified atom stereocenters. The summed E-state index contributed by atoms with van der Waals surface area (Å²) in [6, 6.07) is 17.7. The standard InChI is InChI=1S/C19H15N3O4/c1-13(23)20-14-7-9-16(10-8-14)26-19(25)17-11-12-18(24)22(21-17)15-5-3-2-4-6-15/h2-12H,1H3,(H,20,23). The molecule has 2 aromatic carbocycles. The van der Waals surface area contributed by atoms with Crippen LogP contribution in [0.25, 0.3) is 5.69 Å². The summed E-state index contributed by atoms with van der Waals surface area (Å²) in [6.07, 6.45) is 0. The number of para-hydroxylation sites is 1. The monoisotopic (exact) mass is 349 g/mol. The normalized spacial score (nSPS) is 10.2. The molecule has 7 nitrogen and oxygen atoms in total. The summed E-state index contributed by atoms with van der Waals surface area (Å²) in [5, 5.41) is 6.69. The van der Waals surface area contributed by atoms with Gasteiger partial charge in [-0.3, -0.25) is 9.59 Å². The van der Waals surface area contributed by atoms with Gasteiger partial charge >= 0.3 is 5.97 Å². The molecular weight excluding hydrogens is 334 g/mol. The van der Waals surface area contributed by atoms with Crippen molar-refractivity contribution in [1.29, 1.82) is 0 Å². The van der Waals surface area contributed by atoms with Crippen LogP contribution >= 0.6 is 0 Å². The summed E-state index contributed by atoms with van der Waals surface area (Å²) in [4.78, 5) is 35.3. The van der Waals surface area contributed by atoms with E-state index >= 15 is 0 Å². The lowest BCUT2D eigenvalue weighted by Gasteiger charge is -2.08. The zero-order chi connectivity index (χ0) is 18.5. The van der Waals surface area contributed by atoms with Gasteiger partial charge in [0.15, 0.2) is 5.69 Å². The maximum Gasteiger partial charge on any atom is 0.364 e. The molecule has 0 spiro atoms. The summed E-state index contributed by atoms with van der Waals surface area (Å²) < 4.78 is 6.40. The lowest BCUT2D eigenvalue weighted by molar-refractivity contribution is -0.114. The van der Waals surface area contributed by atoms with Crippen LogP contribution in [0.1, 0.15) is 17.4 Å².